The van der Waals surface area contributed by atoms with Gasteiger partial charge in [-0.2, -0.15) is 0 Å². The average molecular weight is 216 g/mol. The number of rotatable bonds is 2. The largest absolute Gasteiger partial charge is 0.493 e. The fraction of sp³-hybridized carbons (Fsp3) is 1.00. The van der Waals surface area contributed by atoms with Crippen molar-refractivity contribution in [1.82, 2.24) is 4.31 Å². The zero-order chi connectivity index (χ0) is 10.3. The molecule has 0 amide bonds. The third-order valence-corrected chi connectivity index (χ3v) is 3.89. The first-order chi connectivity index (χ1) is 5.71. The Morgan fingerprint density at radius 3 is 2.31 bits per heavy atom. The van der Waals surface area contributed by atoms with Gasteiger partial charge in [-0.1, -0.05) is 6.92 Å². The minimum absolute atomic E-state index is 0.0103. The molecule has 0 aromatic carbocycles. The molecule has 1 atom stereocenters. The van der Waals surface area contributed by atoms with Crippen molar-refractivity contribution in [2.75, 3.05) is 18.7 Å². The Kier molecular flexibility index (Phi) is 2.64. The van der Waals surface area contributed by atoms with Gasteiger partial charge in [-0.05, 0) is 12.4 Å². The van der Waals surface area contributed by atoms with Crippen molar-refractivity contribution >= 4 is 17.0 Å². The molecule has 0 N–H and O–H groups in total. The Morgan fingerprint density at radius 1 is 1.46 bits per heavy atom. The monoisotopic (exact) mass is 216 g/mol. The summed E-state index contributed by atoms with van der Waals surface area (Å²) in [5.41, 5.74) is 0. The van der Waals surface area contributed by atoms with E-state index in [1.54, 1.807) is 6.92 Å². The zero-order valence-electron chi connectivity index (χ0n) is 7.08. The average Bonchev–Trinajstić information content (AvgIpc) is 2.00. The van der Waals surface area contributed by atoms with Crippen LogP contribution in [0.15, 0.2) is 0 Å². The van der Waals surface area contributed by atoms with Crippen LogP contribution in [-0.4, -0.2) is 38.4 Å². The smallest absolute Gasteiger partial charge is 0.448 e. The first-order valence-corrected chi connectivity index (χ1v) is 5.50. The van der Waals surface area contributed by atoms with Crippen molar-refractivity contribution in [2.24, 2.45) is 5.92 Å². The van der Waals surface area contributed by atoms with Gasteiger partial charge in [-0.15, -0.1) is 0 Å². The number of nitrogens with zero attached hydrogens (tertiary/aromatic N) is 1. The van der Waals surface area contributed by atoms with Crippen LogP contribution in [0.1, 0.15) is 6.92 Å². The Balaban J connectivity index is 2.72. The van der Waals surface area contributed by atoms with Crippen LogP contribution in [-0.2, 0) is 10.0 Å². The minimum Gasteiger partial charge on any atom is -0.448 e. The Labute approximate surface area is 75.0 Å². The Morgan fingerprint density at radius 2 is 2.00 bits per heavy atom. The van der Waals surface area contributed by atoms with Gasteiger partial charge in [0, 0.05) is 6.54 Å². The highest BCUT2D eigenvalue weighted by Crippen LogP contribution is 2.22. The molecule has 0 aromatic rings. The molecule has 1 heterocycles. The summed E-state index contributed by atoms with van der Waals surface area (Å²) in [6, 6.07) is 0. The van der Waals surface area contributed by atoms with Crippen LogP contribution in [0.4, 0.5) is 12.9 Å². The van der Waals surface area contributed by atoms with Crippen molar-refractivity contribution < 1.29 is 21.4 Å². The van der Waals surface area contributed by atoms with Gasteiger partial charge in [0.1, 0.15) is 0 Å². The molecule has 0 aromatic heterocycles. The summed E-state index contributed by atoms with van der Waals surface area (Å²) in [7, 11) is -3.64. The summed E-state index contributed by atoms with van der Waals surface area (Å²) in [5.74, 6) is -0.373. The summed E-state index contributed by atoms with van der Waals surface area (Å²) in [6.45, 7) is -3.44. The molecule has 0 radical (unpaired) electrons. The first kappa shape index (κ1) is 10.8. The molecule has 1 aliphatic heterocycles. The van der Waals surface area contributed by atoms with Crippen LogP contribution in [0.25, 0.3) is 0 Å². The van der Waals surface area contributed by atoms with Crippen LogP contribution in [0.5, 0.6) is 0 Å². The molecule has 78 valence electrons. The van der Waals surface area contributed by atoms with E-state index in [0.717, 1.165) is 0 Å². The van der Waals surface area contributed by atoms with Crippen molar-refractivity contribution in [3.8, 4) is 0 Å². The summed E-state index contributed by atoms with van der Waals surface area (Å²) in [6.07, 6.45) is -1.30. The molecule has 8 heteroatoms. The van der Waals surface area contributed by atoms with E-state index in [1.807, 2.05) is 0 Å². The van der Waals surface area contributed by atoms with Crippen LogP contribution in [0, 0.1) is 5.92 Å². The third kappa shape index (κ3) is 2.87. The van der Waals surface area contributed by atoms with E-state index >= 15 is 0 Å². The maximum atomic E-state index is 11.9. The highest BCUT2D eigenvalue weighted by molar-refractivity contribution is 7.89. The predicted octanol–water partition coefficient (Wildman–Crippen LogP) is 0.655. The van der Waals surface area contributed by atoms with Gasteiger partial charge in [0.05, 0.1) is 5.75 Å². The number of halogens is 3. The molecule has 1 rings (SSSR count). The Bertz CT molecular complexity index is 289. The van der Waals surface area contributed by atoms with Gasteiger partial charge in [0.15, 0.2) is 0 Å². The lowest BCUT2D eigenvalue weighted by Gasteiger charge is -2.21. The lowest BCUT2D eigenvalue weighted by molar-refractivity contribution is 0.384. The van der Waals surface area contributed by atoms with E-state index in [-0.39, 0.29) is 18.2 Å². The molecular weight excluding hydrogens is 206 g/mol. The minimum atomic E-state index is -5.05. The van der Waals surface area contributed by atoms with Crippen molar-refractivity contribution in [1.29, 1.82) is 0 Å². The first-order valence-electron chi connectivity index (χ1n) is 3.89. The summed E-state index contributed by atoms with van der Waals surface area (Å²) in [5, 5.41) is 0. The molecule has 13 heavy (non-hydrogen) atoms. The standard InChI is InChI=1S/C5H10BF3NO2S/c1-5-2-10(4-6(7,8)9)13(11,12)3-5/h5H,2-4H2,1H3/q-1. The Hall–Kier alpha value is -0.235. The molecule has 1 unspecified atom stereocenters. The van der Waals surface area contributed by atoms with Crippen molar-refractivity contribution in [2.45, 2.75) is 6.92 Å². The van der Waals surface area contributed by atoms with Crippen molar-refractivity contribution in [3.63, 3.8) is 0 Å². The second kappa shape index (κ2) is 3.16. The lowest BCUT2D eigenvalue weighted by Crippen LogP contribution is -2.39. The van der Waals surface area contributed by atoms with Gasteiger partial charge in [0.2, 0.25) is 10.0 Å². The van der Waals surface area contributed by atoms with E-state index in [1.165, 1.54) is 0 Å². The molecule has 1 aliphatic rings. The summed E-state index contributed by atoms with van der Waals surface area (Å²) in [4.78, 5) is 0. The van der Waals surface area contributed by atoms with Crippen molar-refractivity contribution in [3.05, 3.63) is 0 Å². The van der Waals surface area contributed by atoms with E-state index in [2.05, 4.69) is 0 Å². The SMILES string of the molecule is CC1CN(C[B-](F)(F)F)S(=O)(=O)C1. The molecule has 1 fully saturated rings. The summed E-state index contributed by atoms with van der Waals surface area (Å²) < 4.78 is 58.5. The fourth-order valence-electron chi connectivity index (χ4n) is 1.40. The van der Waals surface area contributed by atoms with Gasteiger partial charge in [0.25, 0.3) is 0 Å². The maximum absolute atomic E-state index is 11.9. The molecule has 1 saturated heterocycles. The van der Waals surface area contributed by atoms with Crippen LogP contribution in [0.3, 0.4) is 0 Å². The van der Waals surface area contributed by atoms with Crippen LogP contribution >= 0.6 is 0 Å². The predicted molar refractivity (Wildman–Crippen MR) is 43.6 cm³/mol. The molecule has 0 bridgehead atoms. The van der Waals surface area contributed by atoms with Gasteiger partial charge < -0.3 is 12.9 Å². The molecule has 0 aliphatic carbocycles. The third-order valence-electron chi connectivity index (χ3n) is 1.81. The fourth-order valence-corrected chi connectivity index (χ4v) is 3.31. The highest BCUT2D eigenvalue weighted by atomic mass is 32.2. The second-order valence-electron chi connectivity index (χ2n) is 3.41. The van der Waals surface area contributed by atoms with Gasteiger partial charge in [-0.3, -0.25) is 0 Å². The molecule has 3 nitrogen and oxygen atoms in total. The quantitative estimate of drug-likeness (QED) is 0.635. The van der Waals surface area contributed by atoms with Gasteiger partial charge >= 0.3 is 6.98 Å². The number of sulfonamides is 1. The van der Waals surface area contributed by atoms with Gasteiger partial charge in [-0.25, -0.2) is 12.7 Å². The molecule has 0 spiro atoms. The number of hydrogen-bond acceptors (Lipinski definition) is 2. The normalized spacial score (nSPS) is 29.4. The van der Waals surface area contributed by atoms with E-state index < -0.39 is 23.4 Å². The highest BCUT2D eigenvalue weighted by Gasteiger charge is 2.38. The zero-order valence-corrected chi connectivity index (χ0v) is 7.90. The summed E-state index contributed by atoms with van der Waals surface area (Å²) >= 11 is 0. The maximum Gasteiger partial charge on any atom is 0.493 e. The number of hydrogen-bond donors (Lipinski definition) is 0. The van der Waals surface area contributed by atoms with E-state index in [4.69, 9.17) is 0 Å². The second-order valence-corrected chi connectivity index (χ2v) is 5.42. The van der Waals surface area contributed by atoms with E-state index in [9.17, 15) is 21.4 Å². The van der Waals surface area contributed by atoms with Crippen LogP contribution in [0.2, 0.25) is 0 Å². The topological polar surface area (TPSA) is 37.4 Å². The molecule has 0 saturated carbocycles. The molecular formula is C5H10BF3NO2S-. The van der Waals surface area contributed by atoms with E-state index in [0.29, 0.717) is 4.31 Å². The van der Waals surface area contributed by atoms with Crippen LogP contribution < -0.4 is 0 Å². The lowest BCUT2D eigenvalue weighted by atomic mass is 9.92.